The second-order valence-electron chi connectivity index (χ2n) is 9.82. The molecule has 0 aliphatic rings. The molecular weight excluding hydrogens is 448 g/mol. The highest BCUT2D eigenvalue weighted by molar-refractivity contribution is 7.91. The number of rotatable bonds is 13. The molecule has 0 aliphatic heterocycles. The fourth-order valence-corrected chi connectivity index (χ4v) is 6.42. The summed E-state index contributed by atoms with van der Waals surface area (Å²) < 4.78 is 30.4. The highest BCUT2D eigenvalue weighted by atomic mass is 32.2. The Labute approximate surface area is 206 Å². The Morgan fingerprint density at radius 3 is 2.06 bits per heavy atom. The Bertz CT molecular complexity index is 1040. The Hall–Kier alpha value is -1.89. The molecule has 2 aromatic carbocycles. The Morgan fingerprint density at radius 2 is 1.56 bits per heavy atom. The van der Waals surface area contributed by atoms with E-state index in [1.165, 1.54) is 11.1 Å². The molecule has 2 N–H and O–H groups in total. The van der Waals surface area contributed by atoms with Gasteiger partial charge in [0.15, 0.2) is 9.84 Å². The van der Waals surface area contributed by atoms with Gasteiger partial charge in [-0.1, -0.05) is 58.0 Å². The van der Waals surface area contributed by atoms with Gasteiger partial charge in [0.1, 0.15) is 18.5 Å². The van der Waals surface area contributed by atoms with Crippen LogP contribution in [0.5, 0.6) is 5.75 Å². The van der Waals surface area contributed by atoms with Gasteiger partial charge >= 0.3 is 0 Å². The van der Waals surface area contributed by atoms with Gasteiger partial charge in [0.25, 0.3) is 0 Å². The van der Waals surface area contributed by atoms with Gasteiger partial charge in [-0.2, -0.15) is 0 Å². The van der Waals surface area contributed by atoms with E-state index >= 15 is 0 Å². The van der Waals surface area contributed by atoms with Crippen LogP contribution in [0.1, 0.15) is 68.4 Å². The summed E-state index contributed by atoms with van der Waals surface area (Å²) in [6, 6.07) is 12.6. The molecule has 0 saturated heterocycles. The first-order chi connectivity index (χ1) is 16.0. The predicted octanol–water partition coefficient (Wildman–Crippen LogP) is 4.75. The van der Waals surface area contributed by atoms with Gasteiger partial charge in [0, 0.05) is 5.41 Å². The van der Waals surface area contributed by atoms with E-state index in [9.17, 15) is 13.5 Å². The van der Waals surface area contributed by atoms with Crippen LogP contribution in [0, 0.1) is 19.8 Å². The van der Waals surface area contributed by atoms with Crippen LogP contribution in [-0.4, -0.2) is 49.5 Å². The summed E-state index contributed by atoms with van der Waals surface area (Å²) >= 11 is 0. The van der Waals surface area contributed by atoms with Gasteiger partial charge < -0.3 is 14.9 Å². The molecule has 2 rings (SSSR count). The van der Waals surface area contributed by atoms with Crippen molar-refractivity contribution in [2.75, 3.05) is 24.7 Å². The standard InChI is InChI=1S/C28H42O5S/c1-7-28(8-2,25-11-12-27(22(6)16-25)33-18-26(30)17-29)24-10-9-23(21(5)15-24)13-14-34(31,32)19-20(3)4/h9-12,15-16,20,26,29-30H,7-8,13-14,17-19H2,1-6H3. The molecule has 0 bridgehead atoms. The fourth-order valence-electron chi connectivity index (χ4n) is 4.71. The van der Waals surface area contributed by atoms with E-state index in [2.05, 4.69) is 51.1 Å². The number of aliphatic hydroxyl groups excluding tert-OH is 2. The van der Waals surface area contributed by atoms with Crippen molar-refractivity contribution in [3.63, 3.8) is 0 Å². The lowest BCUT2D eigenvalue weighted by Gasteiger charge is -2.34. The number of sulfone groups is 1. The minimum atomic E-state index is -3.05. The van der Waals surface area contributed by atoms with Gasteiger partial charge in [-0.15, -0.1) is 0 Å². The maximum atomic E-state index is 12.4. The third-order valence-electron chi connectivity index (χ3n) is 6.74. The second kappa shape index (κ2) is 12.2. The van der Waals surface area contributed by atoms with Crippen molar-refractivity contribution in [3.05, 3.63) is 64.2 Å². The summed E-state index contributed by atoms with van der Waals surface area (Å²) in [6.45, 7) is 12.1. The highest BCUT2D eigenvalue weighted by Crippen LogP contribution is 2.41. The first-order valence-corrected chi connectivity index (χ1v) is 14.1. The summed E-state index contributed by atoms with van der Waals surface area (Å²) in [5, 5.41) is 18.6. The number of hydrogen-bond acceptors (Lipinski definition) is 5. The van der Waals surface area contributed by atoms with Gasteiger partial charge in [-0.25, -0.2) is 8.42 Å². The minimum Gasteiger partial charge on any atom is -0.491 e. The summed E-state index contributed by atoms with van der Waals surface area (Å²) in [5.74, 6) is 1.26. The molecule has 190 valence electrons. The summed E-state index contributed by atoms with van der Waals surface area (Å²) in [4.78, 5) is 0. The van der Waals surface area contributed by atoms with Crippen LogP contribution in [0.15, 0.2) is 36.4 Å². The number of hydrogen-bond donors (Lipinski definition) is 2. The quantitative estimate of drug-likeness (QED) is 0.423. The topological polar surface area (TPSA) is 83.8 Å². The maximum Gasteiger partial charge on any atom is 0.150 e. The summed E-state index contributed by atoms with van der Waals surface area (Å²) in [5.41, 5.74) is 5.46. The molecule has 0 spiro atoms. The van der Waals surface area contributed by atoms with Crippen LogP contribution in [0.4, 0.5) is 0 Å². The molecule has 34 heavy (non-hydrogen) atoms. The van der Waals surface area contributed by atoms with E-state index in [0.717, 1.165) is 29.5 Å². The van der Waals surface area contributed by atoms with Crippen LogP contribution >= 0.6 is 0 Å². The maximum absolute atomic E-state index is 12.4. The molecule has 0 heterocycles. The minimum absolute atomic E-state index is 0.0525. The normalized spacial score (nSPS) is 13.3. The molecule has 1 unspecified atom stereocenters. The predicted molar refractivity (Wildman–Crippen MR) is 140 cm³/mol. The molecule has 0 saturated carbocycles. The summed E-state index contributed by atoms with van der Waals surface area (Å²) in [7, 11) is -3.05. The molecule has 0 aliphatic carbocycles. The van der Waals surface area contributed by atoms with Crippen LogP contribution < -0.4 is 4.74 Å². The van der Waals surface area contributed by atoms with E-state index < -0.39 is 15.9 Å². The van der Waals surface area contributed by atoms with Gasteiger partial charge in [0.2, 0.25) is 0 Å². The van der Waals surface area contributed by atoms with Crippen LogP contribution in [0.2, 0.25) is 0 Å². The molecule has 5 nitrogen and oxygen atoms in total. The van der Waals surface area contributed by atoms with Gasteiger partial charge in [0.05, 0.1) is 18.1 Å². The average molecular weight is 491 g/mol. The molecule has 1 atom stereocenters. The molecular formula is C28H42O5S. The Balaban J connectivity index is 2.31. The van der Waals surface area contributed by atoms with Crippen molar-refractivity contribution in [2.24, 2.45) is 5.92 Å². The van der Waals surface area contributed by atoms with E-state index in [1.807, 2.05) is 26.8 Å². The number of aliphatic hydroxyl groups is 2. The van der Waals surface area contributed by atoms with E-state index in [-0.39, 0.29) is 36.1 Å². The number of aryl methyl sites for hydroxylation is 3. The lowest BCUT2D eigenvalue weighted by Crippen LogP contribution is -2.27. The fraction of sp³-hybridized carbons (Fsp3) is 0.571. The number of benzene rings is 2. The lowest BCUT2D eigenvalue weighted by atomic mass is 9.70. The van der Waals surface area contributed by atoms with Crippen molar-refractivity contribution in [3.8, 4) is 5.75 Å². The molecule has 0 fully saturated rings. The van der Waals surface area contributed by atoms with Crippen molar-refractivity contribution < 1.29 is 23.4 Å². The zero-order valence-electron chi connectivity index (χ0n) is 21.6. The first-order valence-electron chi connectivity index (χ1n) is 12.3. The monoisotopic (exact) mass is 490 g/mol. The van der Waals surface area contributed by atoms with Crippen LogP contribution in [0.25, 0.3) is 0 Å². The van der Waals surface area contributed by atoms with Crippen molar-refractivity contribution in [1.82, 2.24) is 0 Å². The van der Waals surface area contributed by atoms with Gasteiger partial charge in [-0.05, 0) is 72.9 Å². The molecule has 2 aromatic rings. The first kappa shape index (κ1) is 28.3. The highest BCUT2D eigenvalue weighted by Gasteiger charge is 2.31. The zero-order chi connectivity index (χ0) is 25.5. The Morgan fingerprint density at radius 1 is 0.971 bits per heavy atom. The summed E-state index contributed by atoms with van der Waals surface area (Å²) in [6.07, 6.45) is 1.49. The van der Waals surface area contributed by atoms with E-state index in [0.29, 0.717) is 12.2 Å². The zero-order valence-corrected chi connectivity index (χ0v) is 22.4. The largest absolute Gasteiger partial charge is 0.491 e. The Kier molecular flexibility index (Phi) is 10.2. The molecule has 0 aromatic heterocycles. The van der Waals surface area contributed by atoms with Gasteiger partial charge in [-0.3, -0.25) is 0 Å². The van der Waals surface area contributed by atoms with Crippen LogP contribution in [-0.2, 0) is 21.7 Å². The second-order valence-corrected chi connectivity index (χ2v) is 12.0. The third-order valence-corrected chi connectivity index (χ3v) is 8.74. The molecule has 0 amide bonds. The lowest BCUT2D eigenvalue weighted by molar-refractivity contribution is 0.0534. The van der Waals surface area contributed by atoms with Crippen molar-refractivity contribution >= 4 is 9.84 Å². The van der Waals surface area contributed by atoms with Crippen LogP contribution in [0.3, 0.4) is 0 Å². The molecule has 0 radical (unpaired) electrons. The van der Waals surface area contributed by atoms with E-state index in [1.54, 1.807) is 0 Å². The average Bonchev–Trinajstić information content (AvgIpc) is 2.78. The smallest absolute Gasteiger partial charge is 0.150 e. The molecule has 6 heteroatoms. The SMILES string of the molecule is CCC(CC)(c1ccc(CCS(=O)(=O)CC(C)C)c(C)c1)c1ccc(OCC(O)CO)c(C)c1. The number of ether oxygens (including phenoxy) is 1. The third kappa shape index (κ3) is 7.06. The van der Waals surface area contributed by atoms with Crippen molar-refractivity contribution in [1.29, 1.82) is 0 Å². The van der Waals surface area contributed by atoms with E-state index in [4.69, 9.17) is 9.84 Å². The van der Waals surface area contributed by atoms with Crippen molar-refractivity contribution in [2.45, 2.75) is 72.3 Å².